The first-order valence-electron chi connectivity index (χ1n) is 7.47. The second-order valence-corrected chi connectivity index (χ2v) is 6.81. The molecule has 2 aromatic rings. The van der Waals surface area contributed by atoms with Crippen LogP contribution in [-0.4, -0.2) is 17.0 Å². The second kappa shape index (κ2) is 8.20. The summed E-state index contributed by atoms with van der Waals surface area (Å²) in [4.78, 5) is 0.849. The van der Waals surface area contributed by atoms with Crippen molar-refractivity contribution in [3.63, 3.8) is 0 Å². The maximum atomic E-state index is 13.1. The molecule has 0 aliphatic carbocycles. The number of rotatable bonds is 7. The Morgan fingerprint density at radius 1 is 1.18 bits per heavy atom. The first-order chi connectivity index (χ1) is 10.6. The molecule has 0 radical (unpaired) electrons. The van der Waals surface area contributed by atoms with Gasteiger partial charge in [0.25, 0.3) is 0 Å². The van der Waals surface area contributed by atoms with Crippen molar-refractivity contribution in [2.75, 3.05) is 12.8 Å². The van der Waals surface area contributed by atoms with Crippen molar-refractivity contribution < 1.29 is 8.60 Å². The molecule has 0 fully saturated rings. The van der Waals surface area contributed by atoms with E-state index in [4.69, 9.17) is 0 Å². The van der Waals surface area contributed by atoms with Crippen molar-refractivity contribution in [2.24, 2.45) is 0 Å². The number of nitrogens with one attached hydrogen (secondary N) is 1. The van der Waals surface area contributed by atoms with Gasteiger partial charge in [0, 0.05) is 28.0 Å². The van der Waals surface area contributed by atoms with Gasteiger partial charge < -0.3 is 5.32 Å². The highest BCUT2D eigenvalue weighted by molar-refractivity contribution is 7.84. The van der Waals surface area contributed by atoms with Gasteiger partial charge in [0.2, 0.25) is 0 Å². The summed E-state index contributed by atoms with van der Waals surface area (Å²) in [7, 11) is -0.931. The van der Waals surface area contributed by atoms with Crippen molar-refractivity contribution in [3.05, 3.63) is 65.5 Å². The van der Waals surface area contributed by atoms with Gasteiger partial charge in [-0.15, -0.1) is 0 Å². The van der Waals surface area contributed by atoms with E-state index in [0.29, 0.717) is 0 Å². The maximum Gasteiger partial charge on any atom is 0.123 e. The van der Waals surface area contributed by atoms with Crippen LogP contribution in [0.5, 0.6) is 0 Å². The highest BCUT2D eigenvalue weighted by Gasteiger charge is 2.05. The number of benzene rings is 2. The van der Waals surface area contributed by atoms with Gasteiger partial charge in [0.1, 0.15) is 5.82 Å². The lowest BCUT2D eigenvalue weighted by atomic mass is 10.1. The summed E-state index contributed by atoms with van der Waals surface area (Å²) >= 11 is 0. The van der Waals surface area contributed by atoms with E-state index >= 15 is 0 Å². The molecule has 2 rings (SSSR count). The molecule has 4 heteroatoms. The highest BCUT2D eigenvalue weighted by Crippen LogP contribution is 2.15. The van der Waals surface area contributed by atoms with Gasteiger partial charge in [-0.05, 0) is 61.7 Å². The van der Waals surface area contributed by atoms with Crippen molar-refractivity contribution >= 4 is 10.8 Å². The quantitative estimate of drug-likeness (QED) is 0.786. The predicted octanol–water partition coefficient (Wildman–Crippen LogP) is 3.85. The minimum atomic E-state index is -0.931. The minimum Gasteiger partial charge on any atom is -0.310 e. The van der Waals surface area contributed by atoms with Crippen molar-refractivity contribution in [2.45, 2.75) is 30.7 Å². The van der Waals surface area contributed by atoms with E-state index in [1.165, 1.54) is 11.6 Å². The number of aryl methyl sites for hydroxylation is 1. The van der Waals surface area contributed by atoms with E-state index in [1.807, 2.05) is 30.3 Å². The van der Waals surface area contributed by atoms with Crippen molar-refractivity contribution in [1.29, 1.82) is 0 Å². The third-order valence-corrected chi connectivity index (χ3v) is 4.63. The molecule has 2 aromatic carbocycles. The van der Waals surface area contributed by atoms with Crippen LogP contribution in [0.15, 0.2) is 53.4 Å². The fourth-order valence-corrected chi connectivity index (χ4v) is 2.89. The largest absolute Gasteiger partial charge is 0.310 e. The zero-order valence-corrected chi connectivity index (χ0v) is 13.8. The topological polar surface area (TPSA) is 29.1 Å². The Kier molecular flexibility index (Phi) is 6.28. The van der Waals surface area contributed by atoms with E-state index in [-0.39, 0.29) is 11.9 Å². The molecule has 2 unspecified atom stereocenters. The predicted molar refractivity (Wildman–Crippen MR) is 89.9 cm³/mol. The van der Waals surface area contributed by atoms with Crippen LogP contribution in [0.2, 0.25) is 0 Å². The smallest absolute Gasteiger partial charge is 0.123 e. The summed E-state index contributed by atoms with van der Waals surface area (Å²) in [5, 5.41) is 3.46. The summed E-state index contributed by atoms with van der Waals surface area (Å²) in [6, 6.07) is 14.9. The van der Waals surface area contributed by atoms with Gasteiger partial charge in [-0.2, -0.15) is 0 Å². The molecule has 0 spiro atoms. The zero-order chi connectivity index (χ0) is 15.9. The van der Waals surface area contributed by atoms with Gasteiger partial charge in [0.05, 0.1) is 0 Å². The molecule has 0 heterocycles. The molecule has 0 aromatic heterocycles. The fourth-order valence-electron chi connectivity index (χ4n) is 2.37. The Morgan fingerprint density at radius 3 is 2.55 bits per heavy atom. The third kappa shape index (κ3) is 5.04. The zero-order valence-electron chi connectivity index (χ0n) is 13.0. The average molecular weight is 319 g/mol. The standard InChI is InChI=1S/C18H22FNOS/c1-14(16-8-10-18(11-9-16)22(2)21)20-12-4-6-15-5-3-7-17(19)13-15/h3,5,7-11,13-14,20H,4,6,12H2,1-2H3. The molecule has 22 heavy (non-hydrogen) atoms. The Morgan fingerprint density at radius 2 is 1.91 bits per heavy atom. The Bertz CT molecular complexity index is 627. The first-order valence-corrected chi connectivity index (χ1v) is 9.03. The monoisotopic (exact) mass is 319 g/mol. The molecule has 0 aliphatic rings. The Labute approximate surface area is 134 Å². The van der Waals surface area contributed by atoms with Crippen molar-refractivity contribution in [3.8, 4) is 0 Å². The number of halogens is 1. The summed E-state index contributed by atoms with van der Waals surface area (Å²) in [6.45, 7) is 2.99. The molecule has 2 atom stereocenters. The SMILES string of the molecule is CC(NCCCc1cccc(F)c1)c1ccc(S(C)=O)cc1. The van der Waals surface area contributed by atoms with E-state index in [0.717, 1.165) is 29.8 Å². The van der Waals surface area contributed by atoms with Crippen LogP contribution < -0.4 is 5.32 Å². The second-order valence-electron chi connectivity index (χ2n) is 5.43. The van der Waals surface area contributed by atoms with E-state index in [9.17, 15) is 8.60 Å². The molecule has 0 aliphatic heterocycles. The Balaban J connectivity index is 1.77. The lowest BCUT2D eigenvalue weighted by Crippen LogP contribution is -2.20. The van der Waals surface area contributed by atoms with Crippen molar-refractivity contribution in [1.82, 2.24) is 5.32 Å². The van der Waals surface area contributed by atoms with Gasteiger partial charge in [0.15, 0.2) is 0 Å². The molecular weight excluding hydrogens is 297 g/mol. The van der Waals surface area contributed by atoms with E-state index in [1.54, 1.807) is 18.4 Å². The van der Waals surface area contributed by atoms with Gasteiger partial charge in [-0.1, -0.05) is 24.3 Å². The number of hydrogen-bond acceptors (Lipinski definition) is 2. The molecule has 0 bridgehead atoms. The maximum absolute atomic E-state index is 13.1. The molecule has 118 valence electrons. The number of hydrogen-bond donors (Lipinski definition) is 1. The van der Waals surface area contributed by atoms with E-state index < -0.39 is 10.8 Å². The summed E-state index contributed by atoms with van der Waals surface area (Å²) in [5.74, 6) is -0.174. The molecule has 0 saturated carbocycles. The van der Waals surface area contributed by atoms with Crippen LogP contribution in [0.25, 0.3) is 0 Å². The molecule has 2 nitrogen and oxygen atoms in total. The van der Waals surface area contributed by atoms with Gasteiger partial charge in [-0.25, -0.2) is 4.39 Å². The molecule has 1 N–H and O–H groups in total. The molecular formula is C18H22FNOS. The first kappa shape index (κ1) is 16.8. The summed E-state index contributed by atoms with van der Waals surface area (Å²) in [6.07, 6.45) is 3.51. The van der Waals surface area contributed by atoms with E-state index in [2.05, 4.69) is 12.2 Å². The van der Waals surface area contributed by atoms with Crippen LogP contribution in [0.3, 0.4) is 0 Å². The lowest BCUT2D eigenvalue weighted by molar-refractivity contribution is 0.557. The Hall–Kier alpha value is -1.52. The van der Waals surface area contributed by atoms with Crippen LogP contribution >= 0.6 is 0 Å². The third-order valence-electron chi connectivity index (χ3n) is 3.69. The van der Waals surface area contributed by atoms with Gasteiger partial charge in [-0.3, -0.25) is 4.21 Å². The lowest BCUT2D eigenvalue weighted by Gasteiger charge is -2.14. The van der Waals surface area contributed by atoms with Crippen LogP contribution in [-0.2, 0) is 17.2 Å². The summed E-state index contributed by atoms with van der Waals surface area (Å²) in [5.41, 5.74) is 2.21. The average Bonchev–Trinajstić information content (AvgIpc) is 2.51. The fraction of sp³-hybridized carbons (Fsp3) is 0.333. The molecule has 0 saturated heterocycles. The normalized spacial score (nSPS) is 13.8. The molecule has 0 amide bonds. The summed E-state index contributed by atoms with van der Waals surface area (Å²) < 4.78 is 24.4. The van der Waals surface area contributed by atoms with Gasteiger partial charge >= 0.3 is 0 Å². The highest BCUT2D eigenvalue weighted by atomic mass is 32.2. The van der Waals surface area contributed by atoms with Crippen LogP contribution in [0, 0.1) is 5.82 Å². The van der Waals surface area contributed by atoms with Crippen LogP contribution in [0.1, 0.15) is 30.5 Å². The van der Waals surface area contributed by atoms with Crippen LogP contribution in [0.4, 0.5) is 4.39 Å². The minimum absolute atomic E-state index is 0.174.